The molecule has 2 heterocycles. The maximum absolute atomic E-state index is 5.70. The van der Waals surface area contributed by atoms with Crippen molar-refractivity contribution in [2.24, 2.45) is 0 Å². The van der Waals surface area contributed by atoms with Gasteiger partial charge in [0.05, 0.1) is 0 Å². The molecule has 1 aromatic heterocycles. The van der Waals surface area contributed by atoms with Crippen LogP contribution in [0.3, 0.4) is 0 Å². The normalized spacial score (nSPS) is 20.9. The number of aromatic nitrogens is 1. The van der Waals surface area contributed by atoms with Crippen molar-refractivity contribution in [1.82, 2.24) is 10.3 Å². The van der Waals surface area contributed by atoms with Crippen molar-refractivity contribution in [2.75, 3.05) is 6.54 Å². The minimum Gasteiger partial charge on any atom is -0.441 e. The van der Waals surface area contributed by atoms with Gasteiger partial charge in [0.25, 0.3) is 0 Å². The second kappa shape index (κ2) is 4.49. The molecule has 0 spiro atoms. The summed E-state index contributed by atoms with van der Waals surface area (Å²) in [5.41, 5.74) is 3.23. The predicted octanol–water partition coefficient (Wildman–Crippen LogP) is 2.82. The molecule has 1 atom stereocenters. The molecule has 0 radical (unpaired) electrons. The van der Waals surface area contributed by atoms with Crippen LogP contribution in [0.2, 0.25) is 0 Å². The molecular weight excluding hydrogens is 212 g/mol. The van der Waals surface area contributed by atoms with Crippen molar-refractivity contribution in [3.8, 4) is 0 Å². The van der Waals surface area contributed by atoms with E-state index in [1.165, 1.54) is 24.8 Å². The Balaban J connectivity index is 1.88. The quantitative estimate of drug-likeness (QED) is 0.862. The topological polar surface area (TPSA) is 38.1 Å². The summed E-state index contributed by atoms with van der Waals surface area (Å²) in [6, 6.07) is 6.84. The van der Waals surface area contributed by atoms with Crippen molar-refractivity contribution >= 4 is 11.1 Å². The summed E-state index contributed by atoms with van der Waals surface area (Å²) in [5, 5.41) is 3.58. The first kappa shape index (κ1) is 10.8. The molecular formula is C14H18N2O. The molecule has 0 aliphatic carbocycles. The Labute approximate surface area is 101 Å². The van der Waals surface area contributed by atoms with Crippen LogP contribution in [-0.4, -0.2) is 17.6 Å². The molecule has 17 heavy (non-hydrogen) atoms. The largest absolute Gasteiger partial charge is 0.441 e. The van der Waals surface area contributed by atoms with Gasteiger partial charge in [0.1, 0.15) is 5.52 Å². The van der Waals surface area contributed by atoms with Crippen LogP contribution in [0, 0.1) is 6.92 Å². The van der Waals surface area contributed by atoms with Gasteiger partial charge in [-0.3, -0.25) is 0 Å². The van der Waals surface area contributed by atoms with E-state index in [4.69, 9.17) is 4.42 Å². The van der Waals surface area contributed by atoms with Gasteiger partial charge in [0.2, 0.25) is 0 Å². The highest BCUT2D eigenvalue weighted by atomic mass is 16.3. The van der Waals surface area contributed by atoms with E-state index in [-0.39, 0.29) is 0 Å². The summed E-state index contributed by atoms with van der Waals surface area (Å²) >= 11 is 0. The molecule has 1 N–H and O–H groups in total. The molecule has 3 rings (SSSR count). The van der Waals surface area contributed by atoms with Gasteiger partial charge in [-0.15, -0.1) is 0 Å². The monoisotopic (exact) mass is 230 g/mol. The second-order valence-electron chi connectivity index (χ2n) is 4.85. The lowest BCUT2D eigenvalue weighted by Crippen LogP contribution is -2.35. The number of oxazole rings is 1. The molecule has 3 nitrogen and oxygen atoms in total. The van der Waals surface area contributed by atoms with Gasteiger partial charge in [0, 0.05) is 13.0 Å². The van der Waals surface area contributed by atoms with Gasteiger partial charge < -0.3 is 9.73 Å². The van der Waals surface area contributed by atoms with E-state index >= 15 is 0 Å². The Morgan fingerprint density at radius 1 is 1.41 bits per heavy atom. The first-order chi connectivity index (χ1) is 8.33. The smallest absolute Gasteiger partial charge is 0.192 e. The zero-order valence-corrected chi connectivity index (χ0v) is 10.2. The maximum Gasteiger partial charge on any atom is 0.192 e. The minimum atomic E-state index is 0.597. The molecule has 1 aromatic carbocycles. The zero-order valence-electron chi connectivity index (χ0n) is 10.2. The van der Waals surface area contributed by atoms with Gasteiger partial charge in [0.15, 0.2) is 11.5 Å². The average molecular weight is 230 g/mol. The van der Waals surface area contributed by atoms with E-state index < -0.39 is 0 Å². The Hall–Kier alpha value is -1.35. The third kappa shape index (κ3) is 2.20. The van der Waals surface area contributed by atoms with Crippen LogP contribution in [0.5, 0.6) is 0 Å². The lowest BCUT2D eigenvalue weighted by atomic mass is 9.97. The maximum atomic E-state index is 5.70. The first-order valence-corrected chi connectivity index (χ1v) is 6.41. The lowest BCUT2D eigenvalue weighted by molar-refractivity contribution is 0.398. The number of hydrogen-bond donors (Lipinski definition) is 1. The van der Waals surface area contributed by atoms with Gasteiger partial charge in [-0.1, -0.05) is 18.6 Å². The average Bonchev–Trinajstić information content (AvgIpc) is 2.72. The summed E-state index contributed by atoms with van der Waals surface area (Å²) in [4.78, 5) is 4.38. The Bertz CT molecular complexity index is 512. The molecule has 1 aliphatic heterocycles. The minimum absolute atomic E-state index is 0.597. The lowest BCUT2D eigenvalue weighted by Gasteiger charge is -2.23. The zero-order chi connectivity index (χ0) is 11.7. The highest BCUT2D eigenvalue weighted by molar-refractivity contribution is 5.76. The van der Waals surface area contributed by atoms with Gasteiger partial charge in [-0.25, -0.2) is 4.98 Å². The number of benzene rings is 1. The number of hydrogen-bond acceptors (Lipinski definition) is 3. The number of aryl methyl sites for hydroxylation is 1. The summed E-state index contributed by atoms with van der Waals surface area (Å²) in [6.45, 7) is 3.05. The van der Waals surface area contributed by atoms with E-state index in [0.29, 0.717) is 6.04 Å². The summed E-state index contributed by atoms with van der Waals surface area (Å²) in [7, 11) is 0. The molecule has 3 heteroatoms. The van der Waals surface area contributed by atoms with Gasteiger partial charge >= 0.3 is 0 Å². The number of nitrogens with one attached hydrogen (secondary N) is 1. The number of fused-ring (bicyclic) bond motifs is 1. The summed E-state index contributed by atoms with van der Waals surface area (Å²) < 4.78 is 5.70. The molecule has 90 valence electrons. The molecule has 1 saturated heterocycles. The molecule has 2 aromatic rings. The van der Waals surface area contributed by atoms with E-state index in [2.05, 4.69) is 22.4 Å². The van der Waals surface area contributed by atoms with Gasteiger partial charge in [-0.05, 0) is 37.4 Å². The van der Waals surface area contributed by atoms with Crippen LogP contribution in [0.15, 0.2) is 22.6 Å². The van der Waals surface area contributed by atoms with Crippen LogP contribution in [-0.2, 0) is 6.42 Å². The number of para-hydroxylation sites is 1. The fraction of sp³-hybridized carbons (Fsp3) is 0.500. The highest BCUT2D eigenvalue weighted by Crippen LogP contribution is 2.22. The predicted molar refractivity (Wildman–Crippen MR) is 68.1 cm³/mol. The fourth-order valence-electron chi connectivity index (χ4n) is 2.64. The fourth-order valence-corrected chi connectivity index (χ4v) is 2.64. The van der Waals surface area contributed by atoms with Crippen LogP contribution in [0.4, 0.5) is 0 Å². The van der Waals surface area contributed by atoms with Crippen molar-refractivity contribution in [1.29, 1.82) is 0 Å². The van der Waals surface area contributed by atoms with E-state index in [9.17, 15) is 0 Å². The Morgan fingerprint density at radius 2 is 2.35 bits per heavy atom. The number of nitrogens with zero attached hydrogens (tertiary/aromatic N) is 1. The number of rotatable bonds is 2. The molecule has 0 saturated carbocycles. The van der Waals surface area contributed by atoms with Crippen LogP contribution >= 0.6 is 0 Å². The van der Waals surface area contributed by atoms with Crippen molar-refractivity contribution < 1.29 is 4.42 Å². The Morgan fingerprint density at radius 3 is 3.18 bits per heavy atom. The van der Waals surface area contributed by atoms with Crippen LogP contribution in [0.1, 0.15) is 30.7 Å². The van der Waals surface area contributed by atoms with Crippen molar-refractivity contribution in [3.05, 3.63) is 29.7 Å². The third-order valence-electron chi connectivity index (χ3n) is 3.48. The van der Waals surface area contributed by atoms with Crippen LogP contribution in [0.25, 0.3) is 11.1 Å². The van der Waals surface area contributed by atoms with Crippen LogP contribution < -0.4 is 5.32 Å². The summed E-state index contributed by atoms with van der Waals surface area (Å²) in [6.07, 6.45) is 4.96. The van der Waals surface area contributed by atoms with E-state index in [1.807, 2.05) is 13.0 Å². The van der Waals surface area contributed by atoms with Crippen molar-refractivity contribution in [3.63, 3.8) is 0 Å². The Kier molecular flexibility index (Phi) is 2.85. The standard InChI is InChI=1S/C14H18N2O/c1-10-16-13-7-4-5-11(14(13)17-10)9-12-6-2-3-8-15-12/h4-5,7,12,15H,2-3,6,8-9H2,1H3. The third-order valence-corrected chi connectivity index (χ3v) is 3.48. The molecule has 1 fully saturated rings. The second-order valence-corrected chi connectivity index (χ2v) is 4.85. The first-order valence-electron chi connectivity index (χ1n) is 6.41. The van der Waals surface area contributed by atoms with Gasteiger partial charge in [-0.2, -0.15) is 0 Å². The molecule has 0 bridgehead atoms. The molecule has 1 aliphatic rings. The van der Waals surface area contributed by atoms with E-state index in [1.54, 1.807) is 0 Å². The van der Waals surface area contributed by atoms with Crippen molar-refractivity contribution in [2.45, 2.75) is 38.6 Å². The van der Waals surface area contributed by atoms with E-state index in [0.717, 1.165) is 30.0 Å². The molecule has 0 amide bonds. The SMILES string of the molecule is Cc1nc2cccc(CC3CCCCN3)c2o1. The highest BCUT2D eigenvalue weighted by Gasteiger charge is 2.16. The number of piperidine rings is 1. The molecule has 1 unspecified atom stereocenters. The summed E-state index contributed by atoms with van der Waals surface area (Å²) in [5.74, 6) is 0.754.